The van der Waals surface area contributed by atoms with E-state index < -0.39 is 11.2 Å². The molecule has 0 radical (unpaired) electrons. The van der Waals surface area contributed by atoms with Crippen LogP contribution < -0.4 is 5.32 Å². The number of hydrogen-bond donors (Lipinski definition) is 2. The number of hydrogen-bond acceptors (Lipinski definition) is 5. The van der Waals surface area contributed by atoms with Crippen molar-refractivity contribution in [2.24, 2.45) is 9.98 Å². The Morgan fingerprint density at radius 3 is 2.82 bits per heavy atom. The first-order valence-electron chi connectivity index (χ1n) is 10.8. The molecule has 1 aliphatic rings. The molecule has 2 N–H and O–H groups in total. The number of rotatable bonds is 6. The number of carbonyl (C=O) groups excluding carboxylic acids is 1. The molecule has 2 aromatic rings. The standard InChI is InChI=1S/C24H30N4O3S2/c1-17-15-22(23(30)28-13-10-19(29)11-14-28)32-21(17)9-4-5-12-26-24(25-2)27-18-7-6-8-20(16-18)33(3)31/h4,6-9,12,15-16,19,29H,5,10-11,13-14H2,1-3H3,(H,25,27)/b9-4-,26-12-. The van der Waals surface area contributed by atoms with Crippen LogP contribution in [0.25, 0.3) is 6.08 Å². The zero-order valence-electron chi connectivity index (χ0n) is 19.2. The number of anilines is 1. The van der Waals surface area contributed by atoms with Gasteiger partial charge in [0.2, 0.25) is 5.96 Å². The van der Waals surface area contributed by atoms with Crippen LogP contribution in [-0.4, -0.2) is 65.1 Å². The van der Waals surface area contributed by atoms with E-state index in [0.29, 0.717) is 38.3 Å². The van der Waals surface area contributed by atoms with Gasteiger partial charge in [-0.3, -0.25) is 9.79 Å². The molecule has 176 valence electrons. The van der Waals surface area contributed by atoms with E-state index in [0.717, 1.165) is 25.9 Å². The summed E-state index contributed by atoms with van der Waals surface area (Å²) in [6.07, 6.45) is 9.03. The summed E-state index contributed by atoms with van der Waals surface area (Å²) in [4.78, 5) is 25.6. The molecule has 0 spiro atoms. The second-order valence-electron chi connectivity index (χ2n) is 7.79. The predicted molar refractivity (Wildman–Crippen MR) is 138 cm³/mol. The fraction of sp³-hybridized carbons (Fsp3) is 0.375. The van der Waals surface area contributed by atoms with Crippen LogP contribution in [0.5, 0.6) is 0 Å². The number of aryl methyl sites for hydroxylation is 1. The van der Waals surface area contributed by atoms with E-state index in [2.05, 4.69) is 15.3 Å². The molecule has 0 aliphatic carbocycles. The summed E-state index contributed by atoms with van der Waals surface area (Å²) in [6, 6.07) is 9.30. The Hall–Kier alpha value is -2.46. The van der Waals surface area contributed by atoms with Gasteiger partial charge in [0.25, 0.3) is 5.91 Å². The topological polar surface area (TPSA) is 100 Å². The van der Waals surface area contributed by atoms with Crippen LogP contribution in [0.15, 0.2) is 51.3 Å². The van der Waals surface area contributed by atoms with Gasteiger partial charge in [0.15, 0.2) is 4.90 Å². The smallest absolute Gasteiger partial charge is 0.263 e. The van der Waals surface area contributed by atoms with Crippen molar-refractivity contribution in [3.05, 3.63) is 51.7 Å². The van der Waals surface area contributed by atoms with Crippen molar-refractivity contribution in [3.8, 4) is 0 Å². The van der Waals surface area contributed by atoms with Gasteiger partial charge in [0, 0.05) is 49.4 Å². The number of allylic oxidation sites excluding steroid dienone is 1. The Morgan fingerprint density at radius 1 is 1.36 bits per heavy atom. The Labute approximate surface area is 202 Å². The SMILES string of the molecule is C/N=C(\N=C/C/C=C\c1sc(C(=O)N2CCC(O)CC2)cc1C)Nc1cccc([S+](C)[O-])c1. The molecule has 1 atom stereocenters. The quantitative estimate of drug-likeness (QED) is 0.367. The maximum Gasteiger partial charge on any atom is 0.263 e. The third kappa shape index (κ3) is 7.26. The predicted octanol–water partition coefficient (Wildman–Crippen LogP) is 3.96. The summed E-state index contributed by atoms with van der Waals surface area (Å²) in [5.41, 5.74) is 1.85. The fourth-order valence-electron chi connectivity index (χ4n) is 3.39. The highest BCUT2D eigenvalue weighted by Crippen LogP contribution is 2.26. The lowest BCUT2D eigenvalue weighted by Gasteiger charge is -2.29. The number of aliphatic hydroxyl groups is 1. The number of likely N-dealkylation sites (tertiary alicyclic amines) is 1. The van der Waals surface area contributed by atoms with Crippen LogP contribution in [-0.2, 0) is 11.2 Å². The number of benzene rings is 1. The Bertz CT molecular complexity index is 1040. The molecule has 1 fully saturated rings. The first kappa shape index (κ1) is 25.2. The third-order valence-electron chi connectivity index (χ3n) is 5.28. The number of amides is 1. The lowest BCUT2D eigenvalue weighted by Crippen LogP contribution is -2.39. The molecule has 1 unspecified atom stereocenters. The molecule has 1 aromatic carbocycles. The third-order valence-corrected chi connectivity index (χ3v) is 7.38. The molecular formula is C24H30N4O3S2. The van der Waals surface area contributed by atoms with E-state index in [1.165, 1.54) is 11.3 Å². The molecule has 33 heavy (non-hydrogen) atoms. The van der Waals surface area contributed by atoms with E-state index in [1.807, 2.05) is 54.3 Å². The van der Waals surface area contributed by atoms with Gasteiger partial charge in [-0.15, -0.1) is 11.3 Å². The van der Waals surface area contributed by atoms with Crippen molar-refractivity contribution >= 4 is 52.4 Å². The van der Waals surface area contributed by atoms with Crippen LogP contribution >= 0.6 is 11.3 Å². The van der Waals surface area contributed by atoms with E-state index >= 15 is 0 Å². The van der Waals surface area contributed by atoms with E-state index in [-0.39, 0.29) is 12.0 Å². The van der Waals surface area contributed by atoms with Gasteiger partial charge in [0.1, 0.15) is 6.26 Å². The highest BCUT2D eigenvalue weighted by Gasteiger charge is 2.23. The first-order chi connectivity index (χ1) is 15.9. The number of guanidine groups is 1. The van der Waals surface area contributed by atoms with Gasteiger partial charge >= 0.3 is 0 Å². The maximum absolute atomic E-state index is 12.7. The Balaban J connectivity index is 1.54. The lowest BCUT2D eigenvalue weighted by molar-refractivity contribution is 0.0550. The number of piperidine rings is 1. The summed E-state index contributed by atoms with van der Waals surface area (Å²) in [5.74, 6) is 0.510. The first-order valence-corrected chi connectivity index (χ1v) is 13.2. The van der Waals surface area contributed by atoms with E-state index in [4.69, 9.17) is 0 Å². The number of thiophene rings is 1. The van der Waals surface area contributed by atoms with Gasteiger partial charge in [-0.1, -0.05) is 12.1 Å². The van der Waals surface area contributed by atoms with Crippen LogP contribution in [0, 0.1) is 6.92 Å². The summed E-state index contributed by atoms with van der Waals surface area (Å²) < 4.78 is 11.7. The molecule has 9 heteroatoms. The minimum absolute atomic E-state index is 0.0436. The van der Waals surface area contributed by atoms with Crippen LogP contribution in [0.3, 0.4) is 0 Å². The number of aliphatic hydroxyl groups excluding tert-OH is 1. The maximum atomic E-state index is 12.7. The molecule has 1 aromatic heterocycles. The van der Waals surface area contributed by atoms with Crippen LogP contribution in [0.2, 0.25) is 0 Å². The minimum atomic E-state index is -1.05. The van der Waals surface area contributed by atoms with Crippen molar-refractivity contribution in [1.29, 1.82) is 0 Å². The minimum Gasteiger partial charge on any atom is -0.612 e. The molecule has 2 heterocycles. The van der Waals surface area contributed by atoms with Gasteiger partial charge in [-0.25, -0.2) is 4.99 Å². The second-order valence-corrected chi connectivity index (χ2v) is 10.2. The molecule has 0 bridgehead atoms. The lowest BCUT2D eigenvalue weighted by atomic mass is 10.1. The van der Waals surface area contributed by atoms with Crippen LogP contribution in [0.4, 0.5) is 5.69 Å². The number of nitrogens with one attached hydrogen (secondary N) is 1. The Morgan fingerprint density at radius 2 is 2.12 bits per heavy atom. The average Bonchev–Trinajstić information content (AvgIpc) is 3.18. The van der Waals surface area contributed by atoms with Crippen LogP contribution in [0.1, 0.15) is 39.4 Å². The Kier molecular flexibility index (Phi) is 9.25. The molecule has 7 nitrogen and oxygen atoms in total. The molecule has 1 aliphatic heterocycles. The summed E-state index contributed by atoms with van der Waals surface area (Å²) in [6.45, 7) is 3.22. The van der Waals surface area contributed by atoms with Crippen molar-refractivity contribution in [2.45, 2.75) is 37.2 Å². The zero-order chi connectivity index (χ0) is 23.8. The number of carbonyl (C=O) groups is 1. The van der Waals surface area contributed by atoms with Crippen molar-refractivity contribution < 1.29 is 14.5 Å². The molecule has 3 rings (SSSR count). The van der Waals surface area contributed by atoms with Crippen molar-refractivity contribution in [2.75, 3.05) is 31.7 Å². The zero-order valence-corrected chi connectivity index (χ0v) is 20.8. The fourth-order valence-corrected chi connectivity index (χ4v) is 5.03. The van der Waals surface area contributed by atoms with Gasteiger partial charge in [-0.2, -0.15) is 0 Å². The highest BCUT2D eigenvalue weighted by molar-refractivity contribution is 7.90. The molecule has 1 amide bonds. The molecule has 0 saturated carbocycles. The molecular weight excluding hydrogens is 456 g/mol. The largest absolute Gasteiger partial charge is 0.612 e. The normalized spacial score (nSPS) is 16.6. The number of nitrogens with zero attached hydrogens (tertiary/aromatic N) is 3. The van der Waals surface area contributed by atoms with Gasteiger partial charge in [0.05, 0.1) is 11.0 Å². The summed E-state index contributed by atoms with van der Waals surface area (Å²) in [7, 11) is 1.66. The van der Waals surface area contributed by atoms with E-state index in [9.17, 15) is 14.5 Å². The molecule has 1 saturated heterocycles. The summed E-state index contributed by atoms with van der Waals surface area (Å²) in [5, 5.41) is 12.8. The number of aliphatic imine (C=N–C) groups is 2. The monoisotopic (exact) mass is 486 g/mol. The average molecular weight is 487 g/mol. The van der Waals surface area contributed by atoms with E-state index in [1.54, 1.807) is 19.5 Å². The van der Waals surface area contributed by atoms with Gasteiger partial charge < -0.3 is 19.9 Å². The van der Waals surface area contributed by atoms with Gasteiger partial charge in [-0.05, 0) is 60.8 Å². The summed E-state index contributed by atoms with van der Waals surface area (Å²) >= 11 is 0.441. The van der Waals surface area contributed by atoms with Crippen molar-refractivity contribution in [3.63, 3.8) is 0 Å². The van der Waals surface area contributed by atoms with Crippen molar-refractivity contribution in [1.82, 2.24) is 4.90 Å². The highest BCUT2D eigenvalue weighted by atomic mass is 32.2. The second kappa shape index (κ2) is 12.1.